The van der Waals surface area contributed by atoms with Crippen molar-refractivity contribution < 1.29 is 4.74 Å². The summed E-state index contributed by atoms with van der Waals surface area (Å²) in [5.41, 5.74) is 2.72. The molecular weight excluding hydrogens is 316 g/mol. The maximum Gasteiger partial charge on any atom is 0.134 e. The molecule has 0 spiro atoms. The van der Waals surface area contributed by atoms with Crippen molar-refractivity contribution in [2.45, 2.75) is 13.2 Å². The summed E-state index contributed by atoms with van der Waals surface area (Å²) in [4.78, 5) is 0. The van der Waals surface area contributed by atoms with Gasteiger partial charge >= 0.3 is 0 Å². The Morgan fingerprint density at radius 3 is 2.75 bits per heavy atom. The van der Waals surface area contributed by atoms with Gasteiger partial charge in [0.2, 0.25) is 0 Å². The summed E-state index contributed by atoms with van der Waals surface area (Å²) < 4.78 is 6.70. The molecule has 0 aliphatic heterocycles. The lowest BCUT2D eigenvalue weighted by atomic mass is 10.1. The zero-order chi connectivity index (χ0) is 14.4. The standard InChI is InChI=1S/C16H15BrN2O/c1-19-10-12-6-7-16(15(17)8-12)20-11-14-5-3-2-4-13(14)9-18/h2-8,19H,10-11H2,1H3. The van der Waals surface area contributed by atoms with Crippen molar-refractivity contribution in [1.82, 2.24) is 5.32 Å². The van der Waals surface area contributed by atoms with Gasteiger partial charge in [-0.1, -0.05) is 24.3 Å². The predicted octanol–water partition coefficient (Wildman–Crippen LogP) is 3.62. The lowest BCUT2D eigenvalue weighted by Crippen LogP contribution is -2.05. The summed E-state index contributed by atoms with van der Waals surface area (Å²) in [5, 5.41) is 12.1. The minimum Gasteiger partial charge on any atom is -0.488 e. The molecule has 0 aliphatic carbocycles. The van der Waals surface area contributed by atoms with E-state index in [0.29, 0.717) is 12.2 Å². The second kappa shape index (κ2) is 7.09. The normalized spacial score (nSPS) is 10.1. The van der Waals surface area contributed by atoms with Crippen LogP contribution in [0.5, 0.6) is 5.75 Å². The first kappa shape index (κ1) is 14.6. The van der Waals surface area contributed by atoms with E-state index in [4.69, 9.17) is 10.00 Å². The van der Waals surface area contributed by atoms with Gasteiger partial charge in [-0.2, -0.15) is 5.26 Å². The second-order valence-electron chi connectivity index (χ2n) is 4.35. The van der Waals surface area contributed by atoms with Crippen LogP contribution in [0.15, 0.2) is 46.9 Å². The number of benzene rings is 2. The topological polar surface area (TPSA) is 45.0 Å². The number of rotatable bonds is 5. The highest BCUT2D eigenvalue weighted by atomic mass is 79.9. The summed E-state index contributed by atoms with van der Waals surface area (Å²) >= 11 is 3.51. The molecule has 0 saturated carbocycles. The highest BCUT2D eigenvalue weighted by Crippen LogP contribution is 2.27. The number of halogens is 1. The van der Waals surface area contributed by atoms with Crippen LogP contribution < -0.4 is 10.1 Å². The summed E-state index contributed by atoms with van der Waals surface area (Å²) in [6.45, 7) is 1.20. The van der Waals surface area contributed by atoms with E-state index >= 15 is 0 Å². The molecule has 2 aromatic rings. The van der Waals surface area contributed by atoms with Crippen molar-refractivity contribution in [2.75, 3.05) is 7.05 Å². The van der Waals surface area contributed by atoms with Gasteiger partial charge in [0.1, 0.15) is 12.4 Å². The molecule has 0 saturated heterocycles. The molecule has 0 radical (unpaired) electrons. The summed E-state index contributed by atoms with van der Waals surface area (Å²) in [7, 11) is 1.91. The van der Waals surface area contributed by atoms with Crippen molar-refractivity contribution in [3.63, 3.8) is 0 Å². The van der Waals surface area contributed by atoms with Gasteiger partial charge in [-0.3, -0.25) is 0 Å². The van der Waals surface area contributed by atoms with E-state index in [2.05, 4.69) is 27.3 Å². The van der Waals surface area contributed by atoms with Gasteiger partial charge in [0.25, 0.3) is 0 Å². The minimum atomic E-state index is 0.383. The zero-order valence-electron chi connectivity index (χ0n) is 11.2. The van der Waals surface area contributed by atoms with Crippen molar-refractivity contribution in [3.05, 3.63) is 63.6 Å². The third-order valence-corrected chi connectivity index (χ3v) is 3.52. The number of nitrogens with zero attached hydrogens (tertiary/aromatic N) is 1. The van der Waals surface area contributed by atoms with Crippen molar-refractivity contribution in [1.29, 1.82) is 5.26 Å². The van der Waals surface area contributed by atoms with Gasteiger partial charge < -0.3 is 10.1 Å². The van der Waals surface area contributed by atoms with Gasteiger partial charge in [0.15, 0.2) is 0 Å². The number of ether oxygens (including phenoxy) is 1. The smallest absolute Gasteiger partial charge is 0.134 e. The van der Waals surface area contributed by atoms with Crippen LogP contribution in [0, 0.1) is 11.3 Å². The third kappa shape index (κ3) is 3.60. The van der Waals surface area contributed by atoms with Crippen LogP contribution in [0.3, 0.4) is 0 Å². The molecule has 0 heterocycles. The first-order valence-corrected chi connectivity index (χ1v) is 7.07. The second-order valence-corrected chi connectivity index (χ2v) is 5.21. The third-order valence-electron chi connectivity index (χ3n) is 2.90. The lowest BCUT2D eigenvalue weighted by Gasteiger charge is -2.10. The minimum absolute atomic E-state index is 0.383. The molecule has 2 rings (SSSR count). The van der Waals surface area contributed by atoms with Crippen LogP contribution in [0.25, 0.3) is 0 Å². The Hall–Kier alpha value is -1.83. The number of nitrogens with one attached hydrogen (secondary N) is 1. The van der Waals surface area contributed by atoms with E-state index in [-0.39, 0.29) is 0 Å². The van der Waals surface area contributed by atoms with E-state index in [0.717, 1.165) is 22.3 Å². The molecule has 0 aromatic heterocycles. The quantitative estimate of drug-likeness (QED) is 0.910. The zero-order valence-corrected chi connectivity index (χ0v) is 12.8. The molecule has 3 nitrogen and oxygen atoms in total. The molecule has 0 amide bonds. The molecular formula is C16H15BrN2O. The Morgan fingerprint density at radius 1 is 1.25 bits per heavy atom. The predicted molar refractivity (Wildman–Crippen MR) is 82.4 cm³/mol. The Bertz CT molecular complexity index is 635. The fourth-order valence-corrected chi connectivity index (χ4v) is 2.43. The fourth-order valence-electron chi connectivity index (χ4n) is 1.89. The highest BCUT2D eigenvalue weighted by molar-refractivity contribution is 9.10. The monoisotopic (exact) mass is 330 g/mol. The Labute approximate surface area is 127 Å². The van der Waals surface area contributed by atoms with E-state index in [1.54, 1.807) is 6.07 Å². The summed E-state index contributed by atoms with van der Waals surface area (Å²) in [5.74, 6) is 0.776. The highest BCUT2D eigenvalue weighted by Gasteiger charge is 2.05. The molecule has 0 bridgehead atoms. The first-order chi connectivity index (χ1) is 9.74. The molecule has 20 heavy (non-hydrogen) atoms. The molecule has 4 heteroatoms. The van der Waals surface area contributed by atoms with Gasteiger partial charge in [0, 0.05) is 12.1 Å². The van der Waals surface area contributed by atoms with Gasteiger partial charge in [-0.05, 0) is 46.7 Å². The van der Waals surface area contributed by atoms with E-state index in [1.165, 1.54) is 5.56 Å². The van der Waals surface area contributed by atoms with Crippen molar-refractivity contribution in [3.8, 4) is 11.8 Å². The van der Waals surface area contributed by atoms with Crippen molar-refractivity contribution >= 4 is 15.9 Å². The van der Waals surface area contributed by atoms with Crippen LogP contribution in [0.2, 0.25) is 0 Å². The average Bonchev–Trinajstić information content (AvgIpc) is 2.47. The average molecular weight is 331 g/mol. The van der Waals surface area contributed by atoms with Crippen LogP contribution in [0.1, 0.15) is 16.7 Å². The summed E-state index contributed by atoms with van der Waals surface area (Å²) in [6, 6.07) is 15.6. The number of hydrogen-bond donors (Lipinski definition) is 1. The van der Waals surface area contributed by atoms with E-state index < -0.39 is 0 Å². The van der Waals surface area contributed by atoms with Crippen LogP contribution in [0.4, 0.5) is 0 Å². The van der Waals surface area contributed by atoms with Crippen molar-refractivity contribution in [2.24, 2.45) is 0 Å². The molecule has 0 unspecified atom stereocenters. The van der Waals surface area contributed by atoms with Crippen LogP contribution >= 0.6 is 15.9 Å². The lowest BCUT2D eigenvalue weighted by molar-refractivity contribution is 0.304. The molecule has 0 atom stereocenters. The van der Waals surface area contributed by atoms with Gasteiger partial charge in [0.05, 0.1) is 16.1 Å². The SMILES string of the molecule is CNCc1ccc(OCc2ccccc2C#N)c(Br)c1. The maximum atomic E-state index is 9.04. The molecule has 1 N–H and O–H groups in total. The number of hydrogen-bond acceptors (Lipinski definition) is 3. The molecule has 2 aromatic carbocycles. The largest absolute Gasteiger partial charge is 0.488 e. The molecule has 0 aliphatic rings. The molecule has 102 valence electrons. The van der Waals surface area contributed by atoms with Crippen LogP contribution in [-0.4, -0.2) is 7.05 Å². The van der Waals surface area contributed by atoms with E-state index in [1.807, 2.05) is 43.4 Å². The maximum absolute atomic E-state index is 9.04. The first-order valence-electron chi connectivity index (χ1n) is 6.28. The molecule has 0 fully saturated rings. The van der Waals surface area contributed by atoms with Gasteiger partial charge in [-0.25, -0.2) is 0 Å². The van der Waals surface area contributed by atoms with E-state index in [9.17, 15) is 0 Å². The number of nitriles is 1. The Morgan fingerprint density at radius 2 is 2.05 bits per heavy atom. The summed E-state index contributed by atoms with van der Waals surface area (Å²) in [6.07, 6.45) is 0. The van der Waals surface area contributed by atoms with Gasteiger partial charge in [-0.15, -0.1) is 0 Å². The van der Waals surface area contributed by atoms with Crippen LogP contribution in [-0.2, 0) is 13.2 Å². The Balaban J connectivity index is 2.09. The Kier molecular flexibility index (Phi) is 5.16. The fraction of sp³-hybridized carbons (Fsp3) is 0.188.